The summed E-state index contributed by atoms with van der Waals surface area (Å²) >= 11 is 1.67. The monoisotopic (exact) mass is 362 g/mol. The van der Waals surface area contributed by atoms with Gasteiger partial charge in [-0.15, -0.1) is 0 Å². The van der Waals surface area contributed by atoms with Gasteiger partial charge in [0.1, 0.15) is 0 Å². The smallest absolute Gasteiger partial charge is 0.269 e. The van der Waals surface area contributed by atoms with Crippen molar-refractivity contribution < 1.29 is 9.66 Å². The number of nitrogens with one attached hydrogen (secondary N) is 1. The Bertz CT molecular complexity index is 686. The molecule has 0 fully saturated rings. The van der Waals surface area contributed by atoms with Gasteiger partial charge in [-0.1, -0.05) is 12.1 Å². The van der Waals surface area contributed by atoms with Crippen LogP contribution in [-0.2, 0) is 17.8 Å². The van der Waals surface area contributed by atoms with Gasteiger partial charge in [0, 0.05) is 39.4 Å². The van der Waals surface area contributed by atoms with Gasteiger partial charge in [0.2, 0.25) is 0 Å². The zero-order valence-corrected chi connectivity index (χ0v) is 15.2. The maximum atomic E-state index is 10.7. The number of rotatable bonds is 8. The average molecular weight is 362 g/mol. The predicted molar refractivity (Wildman–Crippen MR) is 99.9 cm³/mol. The van der Waals surface area contributed by atoms with Crippen LogP contribution in [0, 0.1) is 10.1 Å². The minimum absolute atomic E-state index is 0.0840. The van der Waals surface area contributed by atoms with Crippen molar-refractivity contribution in [1.82, 2.24) is 10.2 Å². The van der Waals surface area contributed by atoms with Gasteiger partial charge in [0.25, 0.3) is 5.69 Å². The molecule has 0 aliphatic carbocycles. The van der Waals surface area contributed by atoms with Crippen molar-refractivity contribution >= 4 is 23.0 Å². The first-order chi connectivity index (χ1) is 12.1. The number of thiophene rings is 1. The van der Waals surface area contributed by atoms with Crippen LogP contribution in [0.25, 0.3) is 0 Å². The zero-order valence-electron chi connectivity index (χ0n) is 14.3. The highest BCUT2D eigenvalue weighted by molar-refractivity contribution is 7.07. The Labute approximate surface area is 151 Å². The Kier molecular flexibility index (Phi) is 7.36. The lowest BCUT2D eigenvalue weighted by molar-refractivity contribution is -0.384. The molecule has 0 aliphatic heterocycles. The van der Waals surface area contributed by atoms with E-state index in [2.05, 4.69) is 27.1 Å². The minimum atomic E-state index is -0.403. The van der Waals surface area contributed by atoms with Gasteiger partial charge in [0.15, 0.2) is 5.96 Å². The molecule has 0 amide bonds. The summed E-state index contributed by atoms with van der Waals surface area (Å²) in [5.41, 5.74) is 2.23. The lowest BCUT2D eigenvalue weighted by Gasteiger charge is -2.22. The van der Waals surface area contributed by atoms with E-state index < -0.39 is 4.92 Å². The third kappa shape index (κ3) is 6.17. The standard InChI is InChI=1S/C17H22N4O3S/c1-20(12-15-7-10-25-13-15)17(18-8-9-24-2)19-11-14-3-5-16(6-4-14)21(22)23/h3-7,10,13H,8-9,11-12H2,1-2H3,(H,18,19). The maximum absolute atomic E-state index is 10.7. The van der Waals surface area contributed by atoms with Crippen molar-refractivity contribution in [3.8, 4) is 0 Å². The molecule has 2 aromatic rings. The molecule has 0 radical (unpaired) electrons. The minimum Gasteiger partial charge on any atom is -0.383 e. The second kappa shape index (κ2) is 9.75. The fourth-order valence-corrected chi connectivity index (χ4v) is 2.86. The zero-order chi connectivity index (χ0) is 18.1. The number of benzene rings is 1. The molecule has 1 aromatic heterocycles. The van der Waals surface area contributed by atoms with Crippen molar-refractivity contribution in [1.29, 1.82) is 0 Å². The van der Waals surface area contributed by atoms with Gasteiger partial charge in [-0.25, -0.2) is 4.99 Å². The van der Waals surface area contributed by atoms with Crippen LogP contribution in [0.1, 0.15) is 11.1 Å². The third-order valence-electron chi connectivity index (χ3n) is 3.51. The van der Waals surface area contributed by atoms with E-state index in [1.807, 2.05) is 11.9 Å². The van der Waals surface area contributed by atoms with Gasteiger partial charge in [-0.2, -0.15) is 11.3 Å². The van der Waals surface area contributed by atoms with E-state index in [-0.39, 0.29) is 5.69 Å². The molecule has 1 heterocycles. The van der Waals surface area contributed by atoms with Crippen LogP contribution in [0.3, 0.4) is 0 Å². The van der Waals surface area contributed by atoms with Crippen LogP contribution >= 0.6 is 11.3 Å². The number of nitro groups is 1. The van der Waals surface area contributed by atoms with E-state index in [9.17, 15) is 10.1 Å². The molecule has 0 saturated heterocycles. The second-order valence-electron chi connectivity index (χ2n) is 5.47. The summed E-state index contributed by atoms with van der Waals surface area (Å²) in [7, 11) is 3.64. The fourth-order valence-electron chi connectivity index (χ4n) is 2.20. The van der Waals surface area contributed by atoms with Crippen molar-refractivity contribution in [2.24, 2.45) is 4.99 Å². The second-order valence-corrected chi connectivity index (χ2v) is 6.25. The maximum Gasteiger partial charge on any atom is 0.269 e. The molecule has 0 unspecified atom stereocenters. The molecule has 0 bridgehead atoms. The van der Waals surface area contributed by atoms with Crippen LogP contribution < -0.4 is 5.32 Å². The van der Waals surface area contributed by atoms with Crippen molar-refractivity contribution in [2.45, 2.75) is 13.1 Å². The summed E-state index contributed by atoms with van der Waals surface area (Å²) in [6.45, 7) is 2.44. The van der Waals surface area contributed by atoms with Crippen molar-refractivity contribution in [3.05, 3.63) is 62.3 Å². The molecular weight excluding hydrogens is 340 g/mol. The largest absolute Gasteiger partial charge is 0.383 e. The first-order valence-corrected chi connectivity index (χ1v) is 8.77. The molecule has 0 aliphatic rings. The molecule has 0 saturated carbocycles. The van der Waals surface area contributed by atoms with Gasteiger partial charge in [-0.05, 0) is 28.0 Å². The number of aliphatic imine (C=N–C) groups is 1. The highest BCUT2D eigenvalue weighted by Crippen LogP contribution is 2.13. The van der Waals surface area contributed by atoms with Crippen LogP contribution in [0.2, 0.25) is 0 Å². The van der Waals surface area contributed by atoms with E-state index in [0.717, 1.165) is 18.1 Å². The van der Waals surface area contributed by atoms with Gasteiger partial charge >= 0.3 is 0 Å². The fraction of sp³-hybridized carbons (Fsp3) is 0.353. The molecule has 7 nitrogen and oxygen atoms in total. The summed E-state index contributed by atoms with van der Waals surface area (Å²) in [5, 5.41) is 18.2. The van der Waals surface area contributed by atoms with E-state index in [1.165, 1.54) is 17.7 Å². The molecule has 134 valence electrons. The number of guanidine groups is 1. The topological polar surface area (TPSA) is 80.0 Å². The summed E-state index contributed by atoms with van der Waals surface area (Å²) in [6, 6.07) is 8.54. The molecule has 2 rings (SSSR count). The van der Waals surface area contributed by atoms with Crippen molar-refractivity contribution in [2.75, 3.05) is 27.3 Å². The Morgan fingerprint density at radius 2 is 2.08 bits per heavy atom. The first-order valence-electron chi connectivity index (χ1n) is 7.83. The number of nitrogens with zero attached hydrogens (tertiary/aromatic N) is 3. The average Bonchev–Trinajstić information content (AvgIpc) is 3.11. The van der Waals surface area contributed by atoms with Crippen LogP contribution in [-0.4, -0.2) is 43.1 Å². The highest BCUT2D eigenvalue weighted by atomic mass is 32.1. The Balaban J connectivity index is 2.04. The Morgan fingerprint density at radius 1 is 1.32 bits per heavy atom. The molecule has 0 atom stereocenters. The number of hydrogen-bond acceptors (Lipinski definition) is 5. The third-order valence-corrected chi connectivity index (χ3v) is 4.24. The molecule has 25 heavy (non-hydrogen) atoms. The summed E-state index contributed by atoms with van der Waals surface area (Å²) in [6.07, 6.45) is 0. The lowest BCUT2D eigenvalue weighted by Crippen LogP contribution is -2.40. The number of nitro benzene ring substituents is 1. The van der Waals surface area contributed by atoms with E-state index in [0.29, 0.717) is 19.7 Å². The molecule has 0 spiro atoms. The lowest BCUT2D eigenvalue weighted by atomic mass is 10.2. The molecule has 8 heteroatoms. The van der Waals surface area contributed by atoms with Crippen LogP contribution in [0.4, 0.5) is 5.69 Å². The predicted octanol–water partition coefficient (Wildman–Crippen LogP) is 2.88. The number of methoxy groups -OCH3 is 1. The first kappa shape index (κ1) is 18.9. The quantitative estimate of drug-likeness (QED) is 0.257. The number of ether oxygens (including phenoxy) is 1. The van der Waals surface area contributed by atoms with Gasteiger partial charge in [-0.3, -0.25) is 10.1 Å². The number of non-ortho nitro benzene ring substituents is 1. The van der Waals surface area contributed by atoms with Gasteiger partial charge < -0.3 is 15.0 Å². The van der Waals surface area contributed by atoms with E-state index in [1.54, 1.807) is 30.6 Å². The van der Waals surface area contributed by atoms with E-state index >= 15 is 0 Å². The van der Waals surface area contributed by atoms with Crippen LogP contribution in [0.15, 0.2) is 46.1 Å². The summed E-state index contributed by atoms with van der Waals surface area (Å²) in [4.78, 5) is 17.0. The summed E-state index contributed by atoms with van der Waals surface area (Å²) in [5.74, 6) is 0.765. The van der Waals surface area contributed by atoms with Gasteiger partial charge in [0.05, 0.1) is 18.1 Å². The Hall–Kier alpha value is -2.45. The number of hydrogen-bond donors (Lipinski definition) is 1. The van der Waals surface area contributed by atoms with Crippen molar-refractivity contribution in [3.63, 3.8) is 0 Å². The highest BCUT2D eigenvalue weighted by Gasteiger charge is 2.08. The SMILES string of the molecule is COCCNC(=NCc1ccc([N+](=O)[O-])cc1)N(C)Cc1ccsc1. The van der Waals surface area contributed by atoms with Crippen LogP contribution in [0.5, 0.6) is 0 Å². The normalized spacial score (nSPS) is 11.4. The molecular formula is C17H22N4O3S. The molecule has 1 aromatic carbocycles. The van der Waals surface area contributed by atoms with E-state index in [4.69, 9.17) is 4.74 Å². The molecule has 1 N–H and O–H groups in total. The Morgan fingerprint density at radius 3 is 2.68 bits per heavy atom. The summed E-state index contributed by atoms with van der Waals surface area (Å²) < 4.78 is 5.08.